The van der Waals surface area contributed by atoms with Gasteiger partial charge in [-0.3, -0.25) is 0 Å². The molecule has 0 spiro atoms. The molecule has 3 atom stereocenters. The third kappa shape index (κ3) is 4.67. The Morgan fingerprint density at radius 1 is 0.905 bits per heavy atom. The lowest BCUT2D eigenvalue weighted by molar-refractivity contribution is 0.0269. The molecule has 3 unspecified atom stereocenters. The van der Waals surface area contributed by atoms with Crippen LogP contribution in [0, 0.1) is 5.92 Å². The molecular weight excluding hydrogens is 260 g/mol. The number of hydrogen-bond donors (Lipinski definition) is 2. The smallest absolute Gasteiger partial charge is 0.0575 e. The van der Waals surface area contributed by atoms with Crippen LogP contribution in [0.15, 0.2) is 0 Å². The Labute approximate surface area is 130 Å². The predicted molar refractivity (Wildman–Crippen MR) is 87.6 cm³/mol. The zero-order chi connectivity index (χ0) is 14.3. The van der Waals surface area contributed by atoms with Gasteiger partial charge in [0.05, 0.1) is 6.10 Å². The number of rotatable bonds is 7. The summed E-state index contributed by atoms with van der Waals surface area (Å²) in [6.07, 6.45) is 15.5. The van der Waals surface area contributed by atoms with E-state index in [1.54, 1.807) is 0 Å². The molecule has 21 heavy (non-hydrogen) atoms. The first-order valence-corrected chi connectivity index (χ1v) is 9.52. The van der Waals surface area contributed by atoms with Gasteiger partial charge in [0.25, 0.3) is 0 Å². The van der Waals surface area contributed by atoms with Crippen molar-refractivity contribution in [3.63, 3.8) is 0 Å². The number of hydrogen-bond acceptors (Lipinski definition) is 3. The third-order valence-electron chi connectivity index (χ3n) is 5.82. The van der Waals surface area contributed by atoms with Crippen molar-refractivity contribution in [1.82, 2.24) is 10.6 Å². The molecule has 0 aromatic carbocycles. The van der Waals surface area contributed by atoms with Crippen molar-refractivity contribution in [3.8, 4) is 0 Å². The lowest BCUT2D eigenvalue weighted by atomic mass is 9.93. The fraction of sp³-hybridized carbons (Fsp3) is 1.00. The Hall–Kier alpha value is -0.120. The standard InChI is InChI=1S/C18H34N2O/c1-2-7-15(8-3-1)21-14-6-13-20-17-10-4-9-16(17)18-11-5-12-19-18/h15-20H,1-14H2. The van der Waals surface area contributed by atoms with Gasteiger partial charge in [-0.25, -0.2) is 0 Å². The average Bonchev–Trinajstić information content (AvgIpc) is 3.19. The van der Waals surface area contributed by atoms with Crippen LogP contribution in [0.1, 0.15) is 70.6 Å². The zero-order valence-electron chi connectivity index (χ0n) is 13.6. The van der Waals surface area contributed by atoms with E-state index in [1.165, 1.54) is 77.2 Å². The van der Waals surface area contributed by atoms with Crippen LogP contribution < -0.4 is 10.6 Å². The Kier molecular flexibility index (Phi) is 6.38. The summed E-state index contributed by atoms with van der Waals surface area (Å²) in [4.78, 5) is 0. The van der Waals surface area contributed by atoms with Crippen molar-refractivity contribution in [3.05, 3.63) is 0 Å². The molecule has 3 rings (SSSR count). The molecule has 1 aliphatic heterocycles. The molecule has 3 heteroatoms. The Morgan fingerprint density at radius 2 is 1.81 bits per heavy atom. The van der Waals surface area contributed by atoms with E-state index in [0.29, 0.717) is 6.10 Å². The topological polar surface area (TPSA) is 33.3 Å². The number of ether oxygens (including phenoxy) is 1. The van der Waals surface area contributed by atoms with Crippen LogP contribution >= 0.6 is 0 Å². The van der Waals surface area contributed by atoms with Crippen LogP contribution in [0.3, 0.4) is 0 Å². The minimum atomic E-state index is 0.570. The maximum Gasteiger partial charge on any atom is 0.0575 e. The molecule has 3 fully saturated rings. The van der Waals surface area contributed by atoms with E-state index in [1.807, 2.05) is 0 Å². The van der Waals surface area contributed by atoms with Crippen molar-refractivity contribution < 1.29 is 4.74 Å². The highest BCUT2D eigenvalue weighted by atomic mass is 16.5. The lowest BCUT2D eigenvalue weighted by Gasteiger charge is -2.27. The van der Waals surface area contributed by atoms with Crippen LogP contribution in [0.25, 0.3) is 0 Å². The molecule has 0 amide bonds. The second-order valence-electron chi connectivity index (χ2n) is 7.34. The molecule has 1 heterocycles. The highest BCUT2D eigenvalue weighted by Crippen LogP contribution is 2.31. The van der Waals surface area contributed by atoms with E-state index >= 15 is 0 Å². The van der Waals surface area contributed by atoms with Crippen molar-refractivity contribution in [1.29, 1.82) is 0 Å². The van der Waals surface area contributed by atoms with Crippen LogP contribution in [-0.2, 0) is 4.74 Å². The van der Waals surface area contributed by atoms with Crippen LogP contribution in [0.4, 0.5) is 0 Å². The van der Waals surface area contributed by atoms with Gasteiger partial charge in [0.2, 0.25) is 0 Å². The van der Waals surface area contributed by atoms with E-state index in [2.05, 4.69) is 10.6 Å². The summed E-state index contributed by atoms with van der Waals surface area (Å²) in [6.45, 7) is 3.33. The summed E-state index contributed by atoms with van der Waals surface area (Å²) in [7, 11) is 0. The minimum Gasteiger partial charge on any atom is -0.378 e. The first-order valence-electron chi connectivity index (χ1n) is 9.52. The largest absolute Gasteiger partial charge is 0.378 e. The van der Waals surface area contributed by atoms with Crippen LogP contribution in [-0.4, -0.2) is 37.9 Å². The maximum atomic E-state index is 6.02. The first-order chi connectivity index (χ1) is 10.4. The highest BCUT2D eigenvalue weighted by Gasteiger charge is 2.34. The maximum absolute atomic E-state index is 6.02. The average molecular weight is 294 g/mol. The van der Waals surface area contributed by atoms with Gasteiger partial charge in [0.15, 0.2) is 0 Å². The van der Waals surface area contributed by atoms with Crippen LogP contribution in [0.2, 0.25) is 0 Å². The van der Waals surface area contributed by atoms with E-state index in [4.69, 9.17) is 4.74 Å². The molecule has 0 radical (unpaired) electrons. The highest BCUT2D eigenvalue weighted by molar-refractivity contribution is 4.93. The molecule has 0 aromatic heterocycles. The fourth-order valence-electron chi connectivity index (χ4n) is 4.64. The Balaban J connectivity index is 1.27. The van der Waals surface area contributed by atoms with E-state index in [0.717, 1.165) is 31.2 Å². The lowest BCUT2D eigenvalue weighted by Crippen LogP contribution is -2.42. The molecule has 1 saturated heterocycles. The quantitative estimate of drug-likeness (QED) is 0.707. The number of nitrogens with one attached hydrogen (secondary N) is 2. The summed E-state index contributed by atoms with van der Waals surface area (Å²) in [5, 5.41) is 7.53. The summed E-state index contributed by atoms with van der Waals surface area (Å²) in [5.74, 6) is 0.881. The van der Waals surface area contributed by atoms with Gasteiger partial charge < -0.3 is 15.4 Å². The summed E-state index contributed by atoms with van der Waals surface area (Å²) >= 11 is 0. The fourth-order valence-corrected chi connectivity index (χ4v) is 4.64. The Morgan fingerprint density at radius 3 is 2.62 bits per heavy atom. The third-order valence-corrected chi connectivity index (χ3v) is 5.82. The summed E-state index contributed by atoms with van der Waals surface area (Å²) < 4.78 is 6.02. The molecule has 3 nitrogen and oxygen atoms in total. The van der Waals surface area contributed by atoms with E-state index < -0.39 is 0 Å². The second-order valence-corrected chi connectivity index (χ2v) is 7.34. The van der Waals surface area contributed by atoms with Gasteiger partial charge in [-0.1, -0.05) is 25.7 Å². The van der Waals surface area contributed by atoms with Crippen molar-refractivity contribution in [2.45, 2.75) is 88.8 Å². The second kappa shape index (κ2) is 8.50. The monoisotopic (exact) mass is 294 g/mol. The first kappa shape index (κ1) is 15.8. The van der Waals surface area contributed by atoms with Crippen molar-refractivity contribution in [2.75, 3.05) is 19.7 Å². The predicted octanol–water partition coefficient (Wildman–Crippen LogP) is 3.24. The van der Waals surface area contributed by atoms with E-state index in [-0.39, 0.29) is 0 Å². The van der Waals surface area contributed by atoms with Gasteiger partial charge in [-0.2, -0.15) is 0 Å². The molecular formula is C18H34N2O. The van der Waals surface area contributed by atoms with Crippen LogP contribution in [0.5, 0.6) is 0 Å². The summed E-state index contributed by atoms with van der Waals surface area (Å²) in [6, 6.07) is 1.55. The normalized spacial score (nSPS) is 34.6. The van der Waals surface area contributed by atoms with Gasteiger partial charge >= 0.3 is 0 Å². The SMILES string of the molecule is C1CCC(OCCCNC2CCCC2C2CCCN2)CC1. The minimum absolute atomic E-state index is 0.570. The van der Waals surface area contributed by atoms with Gasteiger partial charge in [-0.05, 0) is 64.0 Å². The van der Waals surface area contributed by atoms with Gasteiger partial charge in [0, 0.05) is 18.7 Å². The molecule has 2 aliphatic carbocycles. The van der Waals surface area contributed by atoms with Crippen molar-refractivity contribution >= 4 is 0 Å². The van der Waals surface area contributed by atoms with E-state index in [9.17, 15) is 0 Å². The molecule has 0 bridgehead atoms. The van der Waals surface area contributed by atoms with Crippen molar-refractivity contribution in [2.24, 2.45) is 5.92 Å². The molecule has 2 N–H and O–H groups in total. The van der Waals surface area contributed by atoms with Gasteiger partial charge in [0.1, 0.15) is 0 Å². The molecule has 2 saturated carbocycles. The Bertz CT molecular complexity index is 285. The molecule has 122 valence electrons. The summed E-state index contributed by atoms with van der Waals surface area (Å²) in [5.41, 5.74) is 0. The molecule has 3 aliphatic rings. The molecule has 0 aromatic rings. The van der Waals surface area contributed by atoms with Gasteiger partial charge in [-0.15, -0.1) is 0 Å². The zero-order valence-corrected chi connectivity index (χ0v) is 13.6.